The van der Waals surface area contributed by atoms with Crippen LogP contribution in [0.5, 0.6) is 11.5 Å². The monoisotopic (exact) mass is 654 g/mol. The Hall–Kier alpha value is -6.66. The fraction of sp³-hybridized carbons (Fsp3) is 0.0455. The quantitative estimate of drug-likeness (QED) is 0.161. The van der Waals surface area contributed by atoms with Gasteiger partial charge < -0.3 is 19.7 Å². The predicted molar refractivity (Wildman–Crippen MR) is 197 cm³/mol. The van der Waals surface area contributed by atoms with E-state index in [2.05, 4.69) is 24.3 Å². The Morgan fingerprint density at radius 1 is 0.420 bits per heavy atom. The van der Waals surface area contributed by atoms with Crippen LogP contribution in [0.4, 0.5) is 0 Å². The average Bonchev–Trinajstić information content (AvgIpc) is 3.15. The van der Waals surface area contributed by atoms with Gasteiger partial charge in [0.25, 0.3) is 0 Å². The lowest BCUT2D eigenvalue weighted by molar-refractivity contribution is 0.0688. The maximum absolute atomic E-state index is 12.2. The summed E-state index contributed by atoms with van der Waals surface area (Å²) in [5, 5.41) is 26.9. The molecule has 0 amide bonds. The molecule has 50 heavy (non-hydrogen) atoms. The first-order chi connectivity index (χ1) is 24.4. The highest BCUT2D eigenvalue weighted by Gasteiger charge is 2.20. The summed E-state index contributed by atoms with van der Waals surface area (Å²) >= 11 is 0. The Morgan fingerprint density at radius 3 is 1.18 bits per heavy atom. The number of carboxylic acids is 2. The summed E-state index contributed by atoms with van der Waals surface area (Å²) in [6.07, 6.45) is 0. The lowest BCUT2D eigenvalue weighted by Crippen LogP contribution is -2.04. The van der Waals surface area contributed by atoms with Crippen LogP contribution in [0.25, 0.3) is 54.2 Å². The van der Waals surface area contributed by atoms with Crippen molar-refractivity contribution in [1.82, 2.24) is 0 Å². The van der Waals surface area contributed by atoms with Gasteiger partial charge in [-0.15, -0.1) is 0 Å². The topological polar surface area (TPSA) is 93.1 Å². The molecule has 0 aliphatic heterocycles. The first-order valence-electron chi connectivity index (χ1n) is 16.2. The summed E-state index contributed by atoms with van der Waals surface area (Å²) < 4.78 is 13.2. The largest absolute Gasteiger partial charge is 0.488 e. The summed E-state index contributed by atoms with van der Waals surface area (Å²) in [7, 11) is 0. The van der Waals surface area contributed by atoms with Crippen molar-refractivity contribution in [2.24, 2.45) is 0 Å². The number of rotatable bonds is 9. The van der Waals surface area contributed by atoms with Crippen molar-refractivity contribution in [2.75, 3.05) is 0 Å². The fourth-order valence-corrected chi connectivity index (χ4v) is 6.85. The number of carboxylic acid groups (broad SMARTS) is 2. The Morgan fingerprint density at radius 2 is 0.780 bits per heavy atom. The van der Waals surface area contributed by atoms with Crippen LogP contribution in [-0.2, 0) is 13.2 Å². The third-order valence-corrected chi connectivity index (χ3v) is 9.12. The number of carbonyl (C=O) groups is 2. The minimum Gasteiger partial charge on any atom is -0.488 e. The minimum absolute atomic E-state index is 0.145. The van der Waals surface area contributed by atoms with Crippen LogP contribution in [0.3, 0.4) is 0 Å². The molecule has 0 radical (unpaired) electrons. The summed E-state index contributed by atoms with van der Waals surface area (Å²) in [5.74, 6) is -0.745. The Kier molecular flexibility index (Phi) is 7.82. The molecule has 0 aliphatic carbocycles. The molecule has 0 spiro atoms. The number of benzene rings is 8. The number of hydrogen-bond acceptors (Lipinski definition) is 4. The molecule has 242 valence electrons. The second-order valence-electron chi connectivity index (χ2n) is 12.2. The van der Waals surface area contributed by atoms with Crippen molar-refractivity contribution in [2.45, 2.75) is 13.2 Å². The van der Waals surface area contributed by atoms with E-state index in [-0.39, 0.29) is 24.3 Å². The molecular weight excluding hydrogens is 624 g/mol. The van der Waals surface area contributed by atoms with E-state index in [4.69, 9.17) is 9.47 Å². The van der Waals surface area contributed by atoms with E-state index in [1.807, 2.05) is 109 Å². The highest BCUT2D eigenvalue weighted by Crippen LogP contribution is 2.46. The molecule has 0 saturated heterocycles. The number of aromatic carboxylic acids is 2. The van der Waals surface area contributed by atoms with Crippen LogP contribution in [0, 0.1) is 0 Å². The highest BCUT2D eigenvalue weighted by molar-refractivity contribution is 6.10. The Labute approximate surface area is 287 Å². The smallest absolute Gasteiger partial charge is 0.336 e. The molecular formula is C44H30O6. The van der Waals surface area contributed by atoms with E-state index in [1.54, 1.807) is 12.1 Å². The molecule has 2 N–H and O–H groups in total. The second-order valence-corrected chi connectivity index (χ2v) is 12.2. The number of fused-ring (bicyclic) bond motifs is 4. The molecule has 0 aliphatic rings. The maximum Gasteiger partial charge on any atom is 0.336 e. The summed E-state index contributed by atoms with van der Waals surface area (Å²) in [6, 6.07) is 46.3. The van der Waals surface area contributed by atoms with Crippen LogP contribution in [0.2, 0.25) is 0 Å². The van der Waals surface area contributed by atoms with E-state index in [0.29, 0.717) is 22.3 Å². The van der Waals surface area contributed by atoms with E-state index >= 15 is 0 Å². The Bertz CT molecular complexity index is 2440. The van der Waals surface area contributed by atoms with Crippen molar-refractivity contribution >= 4 is 55.0 Å². The molecule has 0 aromatic heterocycles. The first kappa shape index (κ1) is 30.7. The van der Waals surface area contributed by atoms with Crippen LogP contribution in [0.1, 0.15) is 31.8 Å². The van der Waals surface area contributed by atoms with Gasteiger partial charge in [-0.2, -0.15) is 0 Å². The van der Waals surface area contributed by atoms with Gasteiger partial charge >= 0.3 is 11.9 Å². The van der Waals surface area contributed by atoms with Crippen molar-refractivity contribution < 1.29 is 29.3 Å². The van der Waals surface area contributed by atoms with Crippen LogP contribution < -0.4 is 9.47 Å². The zero-order chi connectivity index (χ0) is 34.2. The zero-order valence-corrected chi connectivity index (χ0v) is 26.8. The SMILES string of the molecule is O=C(O)c1cc(COc2ccc3ccccc3c2-c2c(OCc3cc(C(=O)O)c4ccccc4c3)ccc3ccccc23)cc2ccccc12. The van der Waals surface area contributed by atoms with Crippen LogP contribution in [-0.4, -0.2) is 22.2 Å². The van der Waals surface area contributed by atoms with Crippen molar-refractivity contribution in [1.29, 1.82) is 0 Å². The molecule has 0 heterocycles. The van der Waals surface area contributed by atoms with E-state index in [1.165, 1.54) is 0 Å². The van der Waals surface area contributed by atoms with Crippen molar-refractivity contribution in [3.05, 3.63) is 168 Å². The predicted octanol–water partition coefficient (Wildman–Crippen LogP) is 10.5. The molecule has 0 saturated carbocycles. The van der Waals surface area contributed by atoms with Gasteiger partial charge in [-0.3, -0.25) is 0 Å². The lowest BCUT2D eigenvalue weighted by Gasteiger charge is -2.20. The molecule has 0 unspecified atom stereocenters. The molecule has 0 fully saturated rings. The lowest BCUT2D eigenvalue weighted by atomic mass is 9.92. The van der Waals surface area contributed by atoms with Crippen molar-refractivity contribution in [3.63, 3.8) is 0 Å². The standard InChI is InChI=1S/C44H30O6/c45-43(46)37-23-27(21-31-11-3-5-13-33(31)37)25-49-39-19-17-29-9-1-7-15-35(29)41(39)42-36-16-8-2-10-30(36)18-20-40(42)50-26-28-22-32-12-4-6-14-34(32)38(24-28)44(47)48/h1-24H,25-26H2,(H,45,46)(H,47,48). The fourth-order valence-electron chi connectivity index (χ4n) is 6.85. The first-order valence-corrected chi connectivity index (χ1v) is 16.2. The minimum atomic E-state index is -0.992. The van der Waals surface area contributed by atoms with E-state index < -0.39 is 11.9 Å². The van der Waals surface area contributed by atoms with Crippen LogP contribution >= 0.6 is 0 Å². The summed E-state index contributed by atoms with van der Waals surface area (Å²) in [4.78, 5) is 24.4. The summed E-state index contributed by atoms with van der Waals surface area (Å²) in [6.45, 7) is 0.291. The Balaban J connectivity index is 1.25. The van der Waals surface area contributed by atoms with Gasteiger partial charge in [-0.05, 0) is 90.6 Å². The van der Waals surface area contributed by atoms with E-state index in [9.17, 15) is 19.8 Å². The molecule has 6 heteroatoms. The molecule has 0 atom stereocenters. The second kappa shape index (κ2) is 12.7. The highest BCUT2D eigenvalue weighted by atomic mass is 16.5. The van der Waals surface area contributed by atoms with Gasteiger partial charge in [0.15, 0.2) is 0 Å². The maximum atomic E-state index is 12.2. The average molecular weight is 655 g/mol. The third kappa shape index (κ3) is 5.63. The molecule has 0 bridgehead atoms. The van der Waals surface area contributed by atoms with Gasteiger partial charge in [0, 0.05) is 11.1 Å². The third-order valence-electron chi connectivity index (χ3n) is 9.12. The zero-order valence-electron chi connectivity index (χ0n) is 26.8. The molecule has 8 aromatic rings. The van der Waals surface area contributed by atoms with Crippen LogP contribution in [0.15, 0.2) is 146 Å². The van der Waals surface area contributed by atoms with Gasteiger partial charge in [0.1, 0.15) is 24.7 Å². The summed E-state index contributed by atoms with van der Waals surface area (Å²) in [5.41, 5.74) is 3.62. The van der Waals surface area contributed by atoms with Crippen molar-refractivity contribution in [3.8, 4) is 22.6 Å². The van der Waals surface area contributed by atoms with Gasteiger partial charge in [0.2, 0.25) is 0 Å². The molecule has 8 aromatic carbocycles. The molecule has 8 rings (SSSR count). The number of ether oxygens (including phenoxy) is 2. The van der Waals surface area contributed by atoms with Gasteiger partial charge in [-0.1, -0.05) is 109 Å². The molecule has 6 nitrogen and oxygen atoms in total. The number of hydrogen-bond donors (Lipinski definition) is 2. The van der Waals surface area contributed by atoms with Gasteiger partial charge in [0.05, 0.1) is 11.1 Å². The van der Waals surface area contributed by atoms with E-state index in [0.717, 1.165) is 54.6 Å². The van der Waals surface area contributed by atoms with Gasteiger partial charge in [-0.25, -0.2) is 9.59 Å². The normalized spacial score (nSPS) is 11.3.